The van der Waals surface area contributed by atoms with Crippen LogP contribution >= 0.6 is 0 Å². The lowest BCUT2D eigenvalue weighted by Crippen LogP contribution is -2.16. The zero-order chi connectivity index (χ0) is 22.6. The summed E-state index contributed by atoms with van der Waals surface area (Å²) in [5.41, 5.74) is 2.17. The summed E-state index contributed by atoms with van der Waals surface area (Å²) in [6.45, 7) is 3.68. The molecule has 0 spiro atoms. The van der Waals surface area contributed by atoms with Crippen molar-refractivity contribution in [3.63, 3.8) is 0 Å². The van der Waals surface area contributed by atoms with Crippen molar-refractivity contribution in [1.29, 1.82) is 0 Å². The van der Waals surface area contributed by atoms with Crippen molar-refractivity contribution in [2.75, 3.05) is 16.6 Å². The van der Waals surface area contributed by atoms with Crippen LogP contribution in [0.25, 0.3) is 0 Å². The van der Waals surface area contributed by atoms with Gasteiger partial charge in [0.1, 0.15) is 5.75 Å². The highest BCUT2D eigenvalue weighted by Crippen LogP contribution is 2.25. The van der Waals surface area contributed by atoms with E-state index in [0.717, 1.165) is 12.0 Å². The zero-order valence-corrected chi connectivity index (χ0v) is 19.0. The molecule has 0 saturated heterocycles. The quantitative estimate of drug-likeness (QED) is 0.525. The molecule has 3 aromatic rings. The summed E-state index contributed by atoms with van der Waals surface area (Å²) in [6, 6.07) is 17.3. The van der Waals surface area contributed by atoms with Gasteiger partial charge in [-0.2, -0.15) is 0 Å². The van der Waals surface area contributed by atoms with Crippen LogP contribution in [-0.4, -0.2) is 23.9 Å². The molecule has 7 nitrogen and oxygen atoms in total. The molecule has 0 unspecified atom stereocenters. The van der Waals surface area contributed by atoms with Crippen LogP contribution in [0, 0.1) is 6.92 Å². The molecule has 0 bridgehead atoms. The van der Waals surface area contributed by atoms with E-state index < -0.39 is 20.0 Å². The van der Waals surface area contributed by atoms with Crippen LogP contribution in [0.1, 0.15) is 18.1 Å². The smallest absolute Gasteiger partial charge is 0.261 e. The van der Waals surface area contributed by atoms with Crippen molar-refractivity contribution in [2.24, 2.45) is 0 Å². The molecule has 3 aromatic carbocycles. The Hall–Kier alpha value is -3.04. The van der Waals surface area contributed by atoms with Crippen LogP contribution < -0.4 is 14.2 Å². The molecule has 0 aliphatic carbocycles. The second kappa shape index (κ2) is 8.99. The third kappa shape index (κ3) is 5.36. The van der Waals surface area contributed by atoms with E-state index in [1.165, 1.54) is 31.4 Å². The fraction of sp³-hybridized carbons (Fsp3) is 0.182. The predicted octanol–water partition coefficient (Wildman–Crippen LogP) is 4.17. The number of rotatable bonds is 8. The molecule has 0 atom stereocenters. The highest BCUT2D eigenvalue weighted by molar-refractivity contribution is 7.93. The molecule has 0 radical (unpaired) electrons. The Labute approximate surface area is 183 Å². The van der Waals surface area contributed by atoms with E-state index in [9.17, 15) is 16.8 Å². The molecule has 0 fully saturated rings. The number of ether oxygens (including phenoxy) is 1. The van der Waals surface area contributed by atoms with Crippen molar-refractivity contribution in [1.82, 2.24) is 0 Å². The Bertz CT molecular complexity index is 1270. The maximum atomic E-state index is 12.8. The van der Waals surface area contributed by atoms with E-state index in [4.69, 9.17) is 4.74 Å². The van der Waals surface area contributed by atoms with E-state index >= 15 is 0 Å². The van der Waals surface area contributed by atoms with Crippen LogP contribution in [0.3, 0.4) is 0 Å². The topological polar surface area (TPSA) is 102 Å². The first-order chi connectivity index (χ1) is 14.6. The first-order valence-corrected chi connectivity index (χ1v) is 12.5. The fourth-order valence-corrected chi connectivity index (χ4v) is 5.07. The van der Waals surface area contributed by atoms with Gasteiger partial charge in [-0.15, -0.1) is 0 Å². The lowest BCUT2D eigenvalue weighted by atomic mass is 10.2. The molecule has 0 saturated carbocycles. The maximum absolute atomic E-state index is 12.8. The van der Waals surface area contributed by atoms with Crippen molar-refractivity contribution >= 4 is 31.4 Å². The minimum Gasteiger partial charge on any atom is -0.497 e. The molecule has 0 amide bonds. The standard InChI is InChI=1S/C22H24N2O5S2/c1-4-17-6-13-20(14-7-17)30(25,26)24-22-15-21(12-5-16(22)2)31(27,28)23-18-8-10-19(29-3)11-9-18/h5-15,23-24H,4H2,1-3H3. The Kier molecular flexibility index (Phi) is 6.56. The van der Waals surface area contributed by atoms with Gasteiger partial charge in [-0.25, -0.2) is 16.8 Å². The highest BCUT2D eigenvalue weighted by atomic mass is 32.2. The second-order valence-corrected chi connectivity index (χ2v) is 10.3. The van der Waals surface area contributed by atoms with Gasteiger partial charge in [0.25, 0.3) is 20.0 Å². The Balaban J connectivity index is 1.87. The van der Waals surface area contributed by atoms with Crippen LogP contribution in [-0.2, 0) is 26.5 Å². The number of benzene rings is 3. The van der Waals surface area contributed by atoms with E-state index in [1.807, 2.05) is 6.92 Å². The van der Waals surface area contributed by atoms with Crippen molar-refractivity contribution in [3.05, 3.63) is 77.9 Å². The summed E-state index contributed by atoms with van der Waals surface area (Å²) in [5, 5.41) is 0. The first-order valence-electron chi connectivity index (χ1n) is 9.54. The Morgan fingerprint density at radius 1 is 0.774 bits per heavy atom. The van der Waals surface area contributed by atoms with E-state index in [0.29, 0.717) is 17.0 Å². The zero-order valence-electron chi connectivity index (χ0n) is 17.4. The normalized spacial score (nSPS) is 11.7. The summed E-state index contributed by atoms with van der Waals surface area (Å²) >= 11 is 0. The lowest BCUT2D eigenvalue weighted by Gasteiger charge is -2.14. The summed E-state index contributed by atoms with van der Waals surface area (Å²) < 4.78 is 61.2. The van der Waals surface area contributed by atoms with Gasteiger partial charge in [0.15, 0.2) is 0 Å². The van der Waals surface area contributed by atoms with Gasteiger partial charge in [-0.1, -0.05) is 25.1 Å². The first kappa shape index (κ1) is 22.6. The molecule has 164 valence electrons. The average molecular weight is 461 g/mol. The Morgan fingerprint density at radius 3 is 1.94 bits per heavy atom. The van der Waals surface area contributed by atoms with Gasteiger partial charge in [-0.05, 0) is 73.0 Å². The number of methoxy groups -OCH3 is 1. The number of hydrogen-bond donors (Lipinski definition) is 2. The van der Waals surface area contributed by atoms with Gasteiger partial charge in [0.05, 0.1) is 22.6 Å². The summed E-state index contributed by atoms with van der Waals surface area (Å²) in [6.07, 6.45) is 0.800. The highest BCUT2D eigenvalue weighted by Gasteiger charge is 2.19. The van der Waals surface area contributed by atoms with Gasteiger partial charge < -0.3 is 4.74 Å². The largest absolute Gasteiger partial charge is 0.497 e. The van der Waals surface area contributed by atoms with E-state index in [2.05, 4.69) is 9.44 Å². The van der Waals surface area contributed by atoms with Crippen LogP contribution in [0.2, 0.25) is 0 Å². The minimum absolute atomic E-state index is 0.0621. The summed E-state index contributed by atoms with van der Waals surface area (Å²) in [5.74, 6) is 0.599. The number of sulfonamides is 2. The molecule has 0 aliphatic heterocycles. The predicted molar refractivity (Wildman–Crippen MR) is 122 cm³/mol. The third-order valence-corrected chi connectivity index (χ3v) is 7.51. The minimum atomic E-state index is -3.93. The van der Waals surface area contributed by atoms with Crippen molar-refractivity contribution in [3.8, 4) is 5.75 Å². The molecule has 0 heterocycles. The summed E-state index contributed by atoms with van der Waals surface area (Å²) in [4.78, 5) is 0.0432. The molecular weight excluding hydrogens is 436 g/mol. The van der Waals surface area contributed by atoms with E-state index in [-0.39, 0.29) is 15.5 Å². The van der Waals surface area contributed by atoms with Gasteiger partial charge in [-0.3, -0.25) is 9.44 Å². The number of hydrogen-bond acceptors (Lipinski definition) is 5. The SMILES string of the molecule is CCc1ccc(S(=O)(=O)Nc2cc(S(=O)(=O)Nc3ccc(OC)cc3)ccc2C)cc1. The van der Waals surface area contributed by atoms with Crippen LogP contribution in [0.5, 0.6) is 5.75 Å². The molecular formula is C22H24N2O5S2. The average Bonchev–Trinajstić information content (AvgIpc) is 2.75. The van der Waals surface area contributed by atoms with Crippen LogP contribution in [0.4, 0.5) is 11.4 Å². The monoisotopic (exact) mass is 460 g/mol. The van der Waals surface area contributed by atoms with Crippen molar-refractivity contribution < 1.29 is 21.6 Å². The molecule has 0 aliphatic rings. The fourth-order valence-electron chi connectivity index (χ4n) is 2.86. The number of nitrogens with one attached hydrogen (secondary N) is 2. The molecule has 9 heteroatoms. The number of anilines is 2. The van der Waals surface area contributed by atoms with E-state index in [1.54, 1.807) is 49.4 Å². The molecule has 3 rings (SSSR count). The maximum Gasteiger partial charge on any atom is 0.261 e. The second-order valence-electron chi connectivity index (χ2n) is 6.91. The third-order valence-electron chi connectivity index (χ3n) is 4.75. The van der Waals surface area contributed by atoms with Gasteiger partial charge >= 0.3 is 0 Å². The summed E-state index contributed by atoms with van der Waals surface area (Å²) in [7, 11) is -6.28. The molecule has 2 N–H and O–H groups in total. The number of aryl methyl sites for hydroxylation is 2. The molecule has 0 aromatic heterocycles. The van der Waals surface area contributed by atoms with Gasteiger partial charge in [0.2, 0.25) is 0 Å². The molecule has 31 heavy (non-hydrogen) atoms. The van der Waals surface area contributed by atoms with Crippen molar-refractivity contribution in [2.45, 2.75) is 30.1 Å². The van der Waals surface area contributed by atoms with Crippen LogP contribution in [0.15, 0.2) is 76.5 Å². The van der Waals surface area contributed by atoms with Gasteiger partial charge in [0, 0.05) is 5.69 Å². The Morgan fingerprint density at radius 2 is 1.35 bits per heavy atom. The lowest BCUT2D eigenvalue weighted by molar-refractivity contribution is 0.415.